The average Bonchev–Trinajstić information content (AvgIpc) is 2.45. The third-order valence-electron chi connectivity index (χ3n) is 2.27. The van der Waals surface area contributed by atoms with Crippen molar-refractivity contribution in [1.29, 1.82) is 0 Å². The number of aromatic nitrogens is 1. The van der Waals surface area contributed by atoms with Crippen LogP contribution in [0.1, 0.15) is 42.4 Å². The minimum absolute atomic E-state index is 0.252. The van der Waals surface area contributed by atoms with Crippen LogP contribution < -0.4 is 5.32 Å². The lowest BCUT2D eigenvalue weighted by molar-refractivity contribution is 0.434. The summed E-state index contributed by atoms with van der Waals surface area (Å²) >= 11 is 1.73. The fourth-order valence-corrected chi connectivity index (χ4v) is 2.53. The van der Waals surface area contributed by atoms with Crippen LogP contribution in [0.2, 0.25) is 0 Å². The van der Waals surface area contributed by atoms with Crippen LogP contribution in [0.15, 0.2) is 0 Å². The summed E-state index contributed by atoms with van der Waals surface area (Å²) in [7, 11) is 0. The first-order chi connectivity index (χ1) is 6.85. The Kier molecular flexibility index (Phi) is 3.54. The van der Waals surface area contributed by atoms with Gasteiger partial charge >= 0.3 is 0 Å². The summed E-state index contributed by atoms with van der Waals surface area (Å²) in [6, 6.07) is 0.252. The first-order valence-corrected chi connectivity index (χ1v) is 5.87. The maximum atomic E-state index is 5.45. The van der Waals surface area contributed by atoms with Gasteiger partial charge in [-0.3, -0.25) is 5.32 Å². The van der Waals surface area contributed by atoms with E-state index in [9.17, 15) is 0 Å². The summed E-state index contributed by atoms with van der Waals surface area (Å²) in [5.74, 6) is 2.74. The molecule has 0 bridgehead atoms. The van der Waals surface area contributed by atoms with Crippen molar-refractivity contribution >= 4 is 11.3 Å². The Hall–Kier alpha value is -0.850. The van der Waals surface area contributed by atoms with Gasteiger partial charge in [0.05, 0.1) is 16.2 Å². The van der Waals surface area contributed by atoms with Gasteiger partial charge in [0.15, 0.2) is 0 Å². The minimum atomic E-state index is -0.274. The highest BCUT2D eigenvalue weighted by Gasteiger charge is 2.20. The lowest BCUT2D eigenvalue weighted by Crippen LogP contribution is -2.39. The summed E-state index contributed by atoms with van der Waals surface area (Å²) < 4.78 is 0. The largest absolute Gasteiger partial charge is 0.294 e. The molecule has 1 N–H and O–H groups in total. The molecule has 0 saturated carbocycles. The van der Waals surface area contributed by atoms with Crippen LogP contribution in [-0.4, -0.2) is 10.5 Å². The SMILES string of the molecule is C#CC(C)(C)NC(C)c1sc(C)nc1C. The first kappa shape index (κ1) is 12.2. The van der Waals surface area contributed by atoms with Crippen LogP contribution in [0.3, 0.4) is 0 Å². The number of terminal acetylenes is 1. The zero-order valence-electron chi connectivity index (χ0n) is 10.0. The van der Waals surface area contributed by atoms with Gasteiger partial charge in [-0.15, -0.1) is 17.8 Å². The molecule has 0 saturated heterocycles. The molecule has 1 aromatic rings. The molecule has 1 unspecified atom stereocenters. The highest BCUT2D eigenvalue weighted by molar-refractivity contribution is 7.11. The number of nitrogens with zero attached hydrogens (tertiary/aromatic N) is 1. The van der Waals surface area contributed by atoms with Crippen molar-refractivity contribution in [2.75, 3.05) is 0 Å². The molecule has 1 aromatic heterocycles. The van der Waals surface area contributed by atoms with Crippen LogP contribution in [-0.2, 0) is 0 Å². The summed E-state index contributed by atoms with van der Waals surface area (Å²) in [4.78, 5) is 5.69. The molecule has 1 atom stereocenters. The summed E-state index contributed by atoms with van der Waals surface area (Å²) in [6.45, 7) is 10.2. The molecule has 0 aliphatic rings. The van der Waals surface area contributed by atoms with E-state index in [-0.39, 0.29) is 11.6 Å². The van der Waals surface area contributed by atoms with E-state index in [1.807, 2.05) is 27.7 Å². The lowest BCUT2D eigenvalue weighted by atomic mass is 10.1. The van der Waals surface area contributed by atoms with Crippen LogP contribution in [0.5, 0.6) is 0 Å². The molecule has 0 radical (unpaired) electrons. The Labute approximate surface area is 96.1 Å². The van der Waals surface area contributed by atoms with E-state index in [2.05, 4.69) is 23.1 Å². The van der Waals surface area contributed by atoms with E-state index < -0.39 is 0 Å². The first-order valence-electron chi connectivity index (χ1n) is 5.05. The van der Waals surface area contributed by atoms with Gasteiger partial charge in [0.25, 0.3) is 0 Å². The number of nitrogens with one attached hydrogen (secondary N) is 1. The van der Waals surface area contributed by atoms with E-state index in [0.717, 1.165) is 10.7 Å². The summed E-state index contributed by atoms with van der Waals surface area (Å²) in [5.41, 5.74) is 0.828. The second-order valence-corrected chi connectivity index (χ2v) is 5.55. The molecule has 15 heavy (non-hydrogen) atoms. The second-order valence-electron chi connectivity index (χ2n) is 4.32. The van der Waals surface area contributed by atoms with Crippen molar-refractivity contribution in [3.05, 3.63) is 15.6 Å². The Balaban J connectivity index is 2.83. The number of rotatable bonds is 3. The molecule has 82 valence electrons. The van der Waals surface area contributed by atoms with Gasteiger partial charge in [0, 0.05) is 10.9 Å². The molecule has 0 fully saturated rings. The Morgan fingerprint density at radius 1 is 1.47 bits per heavy atom. The van der Waals surface area contributed by atoms with E-state index in [4.69, 9.17) is 6.42 Å². The standard InChI is InChI=1S/C12H18N2S/c1-7-12(5,6)14-9(3)11-8(2)13-10(4)15-11/h1,9,14H,2-6H3. The van der Waals surface area contributed by atoms with Crippen molar-refractivity contribution in [3.8, 4) is 12.3 Å². The van der Waals surface area contributed by atoms with E-state index in [1.54, 1.807) is 11.3 Å². The molecule has 0 aliphatic carbocycles. The molecule has 3 heteroatoms. The second kappa shape index (κ2) is 4.34. The van der Waals surface area contributed by atoms with Gasteiger partial charge in [0.2, 0.25) is 0 Å². The fourth-order valence-electron chi connectivity index (χ4n) is 1.60. The number of thiazole rings is 1. The van der Waals surface area contributed by atoms with Gasteiger partial charge in [-0.25, -0.2) is 4.98 Å². The number of hydrogen-bond donors (Lipinski definition) is 1. The van der Waals surface area contributed by atoms with Crippen molar-refractivity contribution in [2.24, 2.45) is 0 Å². The molecular weight excluding hydrogens is 204 g/mol. The molecule has 2 nitrogen and oxygen atoms in total. The topological polar surface area (TPSA) is 24.9 Å². The predicted octanol–water partition coefficient (Wildman–Crippen LogP) is 2.82. The Morgan fingerprint density at radius 2 is 2.07 bits per heavy atom. The average molecular weight is 222 g/mol. The normalized spacial score (nSPS) is 13.6. The smallest absolute Gasteiger partial charge is 0.0900 e. The molecular formula is C12H18N2S. The lowest BCUT2D eigenvalue weighted by Gasteiger charge is -2.24. The van der Waals surface area contributed by atoms with Crippen LogP contribution in [0.25, 0.3) is 0 Å². The molecule has 1 heterocycles. The highest BCUT2D eigenvalue weighted by atomic mass is 32.1. The van der Waals surface area contributed by atoms with Gasteiger partial charge in [-0.05, 0) is 34.6 Å². The molecule has 0 aromatic carbocycles. The van der Waals surface area contributed by atoms with E-state index >= 15 is 0 Å². The third kappa shape index (κ3) is 3.05. The zero-order chi connectivity index (χ0) is 11.6. The van der Waals surface area contributed by atoms with Crippen LogP contribution >= 0.6 is 11.3 Å². The van der Waals surface area contributed by atoms with Crippen molar-refractivity contribution in [2.45, 2.75) is 46.2 Å². The van der Waals surface area contributed by atoms with Crippen molar-refractivity contribution in [1.82, 2.24) is 10.3 Å². The number of aryl methyl sites for hydroxylation is 2. The monoisotopic (exact) mass is 222 g/mol. The number of hydrogen-bond acceptors (Lipinski definition) is 3. The highest BCUT2D eigenvalue weighted by Crippen LogP contribution is 2.25. The Morgan fingerprint density at radius 3 is 2.47 bits per heavy atom. The fraction of sp³-hybridized carbons (Fsp3) is 0.583. The Bertz CT molecular complexity index is 385. The van der Waals surface area contributed by atoms with Crippen LogP contribution in [0.4, 0.5) is 0 Å². The van der Waals surface area contributed by atoms with Gasteiger partial charge in [-0.2, -0.15) is 0 Å². The molecule has 0 amide bonds. The quantitative estimate of drug-likeness (QED) is 0.795. The van der Waals surface area contributed by atoms with Gasteiger partial charge in [-0.1, -0.05) is 5.92 Å². The maximum absolute atomic E-state index is 5.45. The van der Waals surface area contributed by atoms with Gasteiger partial charge < -0.3 is 0 Å². The van der Waals surface area contributed by atoms with Gasteiger partial charge in [0.1, 0.15) is 0 Å². The van der Waals surface area contributed by atoms with Crippen LogP contribution in [0, 0.1) is 26.2 Å². The van der Waals surface area contributed by atoms with Crippen molar-refractivity contribution in [3.63, 3.8) is 0 Å². The zero-order valence-corrected chi connectivity index (χ0v) is 10.8. The molecule has 0 aliphatic heterocycles. The minimum Gasteiger partial charge on any atom is -0.294 e. The summed E-state index contributed by atoms with van der Waals surface area (Å²) in [6.07, 6.45) is 5.45. The predicted molar refractivity (Wildman–Crippen MR) is 66.1 cm³/mol. The molecule has 1 rings (SSSR count). The summed E-state index contributed by atoms with van der Waals surface area (Å²) in [5, 5.41) is 4.52. The van der Waals surface area contributed by atoms with E-state index in [0.29, 0.717) is 0 Å². The third-order valence-corrected chi connectivity index (χ3v) is 3.53. The maximum Gasteiger partial charge on any atom is 0.0900 e. The molecule has 0 spiro atoms. The van der Waals surface area contributed by atoms with E-state index in [1.165, 1.54) is 4.88 Å². The van der Waals surface area contributed by atoms with Crippen molar-refractivity contribution < 1.29 is 0 Å².